The minimum Gasteiger partial charge on any atom is -0.347 e. The standard InChI is InChI=1S/C22H21N3O2/c1-15-8-9-16(2)19(12-15)25-21(26)18-10-11-23-20(13-18)22(27)24-14-17-6-4-3-5-7-17/h3-13H,14H2,1-2H3,(H,24,27)(H,25,26). The Morgan fingerprint density at radius 3 is 2.48 bits per heavy atom. The van der Waals surface area contributed by atoms with Crippen molar-refractivity contribution in [2.45, 2.75) is 20.4 Å². The summed E-state index contributed by atoms with van der Waals surface area (Å²) in [7, 11) is 0. The maximum absolute atomic E-state index is 12.6. The average Bonchev–Trinajstić information content (AvgIpc) is 2.69. The molecule has 0 saturated heterocycles. The molecular weight excluding hydrogens is 338 g/mol. The Labute approximate surface area is 158 Å². The third-order valence-corrected chi connectivity index (χ3v) is 4.19. The Kier molecular flexibility index (Phi) is 5.61. The summed E-state index contributed by atoms with van der Waals surface area (Å²) in [5.74, 6) is -0.594. The summed E-state index contributed by atoms with van der Waals surface area (Å²) in [6.07, 6.45) is 1.47. The number of amides is 2. The third kappa shape index (κ3) is 4.79. The van der Waals surface area contributed by atoms with Crippen LogP contribution < -0.4 is 10.6 Å². The van der Waals surface area contributed by atoms with E-state index in [0.29, 0.717) is 12.1 Å². The van der Waals surface area contributed by atoms with Crippen molar-refractivity contribution in [1.29, 1.82) is 0 Å². The van der Waals surface area contributed by atoms with Crippen LogP contribution in [0.3, 0.4) is 0 Å². The van der Waals surface area contributed by atoms with Crippen LogP contribution in [0.4, 0.5) is 5.69 Å². The van der Waals surface area contributed by atoms with Crippen LogP contribution >= 0.6 is 0 Å². The van der Waals surface area contributed by atoms with Crippen molar-refractivity contribution in [2.75, 3.05) is 5.32 Å². The third-order valence-electron chi connectivity index (χ3n) is 4.19. The van der Waals surface area contributed by atoms with Gasteiger partial charge in [0, 0.05) is 24.0 Å². The first-order valence-corrected chi connectivity index (χ1v) is 8.70. The van der Waals surface area contributed by atoms with E-state index in [0.717, 1.165) is 22.4 Å². The van der Waals surface area contributed by atoms with Gasteiger partial charge in [-0.1, -0.05) is 42.5 Å². The molecule has 0 aliphatic heterocycles. The van der Waals surface area contributed by atoms with E-state index in [-0.39, 0.29) is 17.5 Å². The molecule has 2 N–H and O–H groups in total. The molecule has 0 unspecified atom stereocenters. The van der Waals surface area contributed by atoms with Gasteiger partial charge in [-0.3, -0.25) is 14.6 Å². The van der Waals surface area contributed by atoms with Gasteiger partial charge in [0.15, 0.2) is 0 Å². The quantitative estimate of drug-likeness (QED) is 0.726. The topological polar surface area (TPSA) is 71.1 Å². The van der Waals surface area contributed by atoms with Gasteiger partial charge < -0.3 is 10.6 Å². The molecule has 0 aliphatic carbocycles. The van der Waals surface area contributed by atoms with Crippen LogP contribution in [0.1, 0.15) is 37.5 Å². The Bertz CT molecular complexity index is 968. The van der Waals surface area contributed by atoms with Crippen molar-refractivity contribution in [3.8, 4) is 0 Å². The fourth-order valence-electron chi connectivity index (χ4n) is 2.63. The Balaban J connectivity index is 1.69. The number of benzene rings is 2. The summed E-state index contributed by atoms with van der Waals surface area (Å²) in [4.78, 5) is 29.0. The van der Waals surface area contributed by atoms with Crippen LogP contribution in [-0.2, 0) is 6.54 Å². The molecular formula is C22H21N3O2. The van der Waals surface area contributed by atoms with Gasteiger partial charge in [-0.2, -0.15) is 0 Å². The van der Waals surface area contributed by atoms with E-state index in [2.05, 4.69) is 15.6 Å². The van der Waals surface area contributed by atoms with E-state index in [1.165, 1.54) is 12.3 Å². The largest absolute Gasteiger partial charge is 0.347 e. The summed E-state index contributed by atoms with van der Waals surface area (Å²) in [6.45, 7) is 4.31. The summed E-state index contributed by atoms with van der Waals surface area (Å²) in [5.41, 5.74) is 4.38. The summed E-state index contributed by atoms with van der Waals surface area (Å²) in [6, 6.07) is 18.6. The SMILES string of the molecule is Cc1ccc(C)c(NC(=O)c2ccnc(C(=O)NCc3ccccc3)c2)c1. The number of aromatic nitrogens is 1. The molecule has 0 aliphatic rings. The lowest BCUT2D eigenvalue weighted by Crippen LogP contribution is -2.24. The monoisotopic (exact) mass is 359 g/mol. The van der Waals surface area contributed by atoms with Gasteiger partial charge in [0.25, 0.3) is 11.8 Å². The number of carbonyl (C=O) groups is 2. The lowest BCUT2D eigenvalue weighted by atomic mass is 10.1. The van der Waals surface area contributed by atoms with Crippen LogP contribution in [0.25, 0.3) is 0 Å². The van der Waals surface area contributed by atoms with Gasteiger partial charge in [0.05, 0.1) is 0 Å². The highest BCUT2D eigenvalue weighted by molar-refractivity contribution is 6.06. The van der Waals surface area contributed by atoms with E-state index < -0.39 is 0 Å². The number of rotatable bonds is 5. The van der Waals surface area contributed by atoms with Crippen molar-refractivity contribution in [2.24, 2.45) is 0 Å². The number of aryl methyl sites for hydroxylation is 2. The van der Waals surface area contributed by atoms with Crippen LogP contribution in [0, 0.1) is 13.8 Å². The van der Waals surface area contributed by atoms with Crippen molar-refractivity contribution in [3.05, 3.63) is 94.8 Å². The Morgan fingerprint density at radius 1 is 0.926 bits per heavy atom. The van der Waals surface area contributed by atoms with Crippen molar-refractivity contribution in [1.82, 2.24) is 10.3 Å². The van der Waals surface area contributed by atoms with Gasteiger partial charge in [0.2, 0.25) is 0 Å². The maximum Gasteiger partial charge on any atom is 0.270 e. The predicted molar refractivity (Wildman–Crippen MR) is 106 cm³/mol. The normalized spacial score (nSPS) is 10.3. The molecule has 0 radical (unpaired) electrons. The van der Waals surface area contributed by atoms with Crippen molar-refractivity contribution in [3.63, 3.8) is 0 Å². The van der Waals surface area contributed by atoms with Gasteiger partial charge in [0.1, 0.15) is 5.69 Å². The molecule has 3 aromatic rings. The van der Waals surface area contributed by atoms with Crippen LogP contribution in [0.15, 0.2) is 66.9 Å². The molecule has 27 heavy (non-hydrogen) atoms. The van der Waals surface area contributed by atoms with E-state index in [1.807, 2.05) is 62.4 Å². The molecule has 136 valence electrons. The number of pyridine rings is 1. The summed E-state index contributed by atoms with van der Waals surface area (Å²) < 4.78 is 0. The first-order valence-electron chi connectivity index (χ1n) is 8.70. The molecule has 5 nitrogen and oxygen atoms in total. The number of hydrogen-bond donors (Lipinski definition) is 2. The lowest BCUT2D eigenvalue weighted by Gasteiger charge is -2.10. The lowest BCUT2D eigenvalue weighted by molar-refractivity contribution is 0.0946. The molecule has 1 aromatic heterocycles. The number of carbonyl (C=O) groups excluding carboxylic acids is 2. The minimum atomic E-state index is -0.319. The Morgan fingerprint density at radius 2 is 1.70 bits per heavy atom. The number of anilines is 1. The van der Waals surface area contributed by atoms with E-state index >= 15 is 0 Å². The highest BCUT2D eigenvalue weighted by Crippen LogP contribution is 2.17. The molecule has 3 rings (SSSR count). The van der Waals surface area contributed by atoms with Crippen molar-refractivity contribution < 1.29 is 9.59 Å². The van der Waals surface area contributed by atoms with Crippen LogP contribution in [0.2, 0.25) is 0 Å². The Hall–Kier alpha value is -3.47. The second kappa shape index (κ2) is 8.27. The molecule has 5 heteroatoms. The zero-order chi connectivity index (χ0) is 19.2. The van der Waals surface area contributed by atoms with E-state index in [1.54, 1.807) is 6.07 Å². The molecule has 0 bridgehead atoms. The number of nitrogens with one attached hydrogen (secondary N) is 2. The highest BCUT2D eigenvalue weighted by Gasteiger charge is 2.13. The van der Waals surface area contributed by atoms with Gasteiger partial charge >= 0.3 is 0 Å². The van der Waals surface area contributed by atoms with Gasteiger partial charge in [-0.25, -0.2) is 0 Å². The minimum absolute atomic E-state index is 0.208. The van der Waals surface area contributed by atoms with E-state index in [4.69, 9.17) is 0 Å². The number of hydrogen-bond acceptors (Lipinski definition) is 3. The van der Waals surface area contributed by atoms with Crippen molar-refractivity contribution >= 4 is 17.5 Å². The molecule has 1 heterocycles. The fraction of sp³-hybridized carbons (Fsp3) is 0.136. The average molecular weight is 359 g/mol. The first kappa shape index (κ1) is 18.3. The summed E-state index contributed by atoms with van der Waals surface area (Å²) in [5, 5.41) is 5.71. The summed E-state index contributed by atoms with van der Waals surface area (Å²) >= 11 is 0. The first-order chi connectivity index (χ1) is 13.0. The van der Waals surface area contributed by atoms with Gasteiger partial charge in [-0.05, 0) is 48.7 Å². The predicted octanol–water partition coefficient (Wildman–Crippen LogP) is 3.88. The zero-order valence-electron chi connectivity index (χ0n) is 15.3. The van der Waals surface area contributed by atoms with E-state index in [9.17, 15) is 9.59 Å². The fourth-order valence-corrected chi connectivity index (χ4v) is 2.63. The molecule has 0 spiro atoms. The smallest absolute Gasteiger partial charge is 0.270 e. The zero-order valence-corrected chi connectivity index (χ0v) is 15.3. The molecule has 0 saturated carbocycles. The molecule has 2 amide bonds. The second-order valence-corrected chi connectivity index (χ2v) is 6.37. The molecule has 0 atom stereocenters. The second-order valence-electron chi connectivity index (χ2n) is 6.37. The molecule has 0 fully saturated rings. The number of nitrogens with zero attached hydrogens (tertiary/aromatic N) is 1. The van der Waals surface area contributed by atoms with Crippen LogP contribution in [0.5, 0.6) is 0 Å². The maximum atomic E-state index is 12.6. The molecule has 2 aromatic carbocycles. The van der Waals surface area contributed by atoms with Gasteiger partial charge in [-0.15, -0.1) is 0 Å². The van der Waals surface area contributed by atoms with Crippen LogP contribution in [-0.4, -0.2) is 16.8 Å². The highest BCUT2D eigenvalue weighted by atomic mass is 16.2.